The van der Waals surface area contributed by atoms with Gasteiger partial charge < -0.3 is 15.2 Å². The van der Waals surface area contributed by atoms with Crippen LogP contribution in [0.1, 0.15) is 18.1 Å². The minimum atomic E-state index is -0.0531. The lowest BCUT2D eigenvalue weighted by atomic mass is 10.1. The molecular formula is C22H18I3NO3. The monoisotopic (exact) mass is 725 g/mol. The number of phenolic OH excluding ortho intramolecular Hbond substituents is 1. The number of rotatable bonds is 6. The molecule has 29 heavy (non-hydrogen) atoms. The fourth-order valence-corrected chi connectivity index (χ4v) is 5.30. The summed E-state index contributed by atoms with van der Waals surface area (Å²) in [6.45, 7) is 2.10. The Bertz CT molecular complexity index is 1010. The summed E-state index contributed by atoms with van der Waals surface area (Å²) in [7, 11) is 0. The van der Waals surface area contributed by atoms with Crippen LogP contribution in [0, 0.1) is 10.7 Å². The largest absolute Gasteiger partial charge is 0.507 e. The molecule has 0 atom stereocenters. The lowest BCUT2D eigenvalue weighted by Crippen LogP contribution is -2.14. The third-order valence-electron chi connectivity index (χ3n) is 4.21. The quantitative estimate of drug-likeness (QED) is 0.277. The molecule has 0 unspecified atom stereocenters. The van der Waals surface area contributed by atoms with E-state index in [1.165, 1.54) is 5.56 Å². The van der Waals surface area contributed by atoms with Crippen molar-refractivity contribution in [1.82, 2.24) is 0 Å². The summed E-state index contributed by atoms with van der Waals surface area (Å²) in [5, 5.41) is 12.6. The predicted molar refractivity (Wildman–Crippen MR) is 141 cm³/mol. The highest BCUT2D eigenvalue weighted by Gasteiger charge is 2.13. The Hall–Kier alpha value is -1.08. The minimum absolute atomic E-state index is 0.0531. The van der Waals surface area contributed by atoms with Crippen LogP contribution < -0.4 is 10.1 Å². The Kier molecular flexibility index (Phi) is 8.02. The van der Waals surface area contributed by atoms with E-state index < -0.39 is 0 Å². The van der Waals surface area contributed by atoms with Crippen LogP contribution >= 0.6 is 67.8 Å². The van der Waals surface area contributed by atoms with E-state index in [0.29, 0.717) is 12.2 Å². The van der Waals surface area contributed by atoms with Gasteiger partial charge in [0.15, 0.2) is 5.75 Å². The van der Waals surface area contributed by atoms with Gasteiger partial charge in [-0.15, -0.1) is 0 Å². The molecular weight excluding hydrogens is 707 g/mol. The predicted octanol–water partition coefficient (Wildman–Crippen LogP) is 6.74. The van der Waals surface area contributed by atoms with Gasteiger partial charge in [-0.3, -0.25) is 4.79 Å². The second kappa shape index (κ2) is 10.3. The SMILES string of the molecule is CCc1ccc(NC(=O)Cc2cc(I)c(Oc3ccc(O)c(I)c3)c(I)c2)cc1. The van der Waals surface area contributed by atoms with E-state index >= 15 is 0 Å². The highest BCUT2D eigenvalue weighted by Crippen LogP contribution is 2.34. The molecule has 0 fully saturated rings. The lowest BCUT2D eigenvalue weighted by Gasteiger charge is -2.13. The van der Waals surface area contributed by atoms with E-state index in [0.717, 1.165) is 34.1 Å². The summed E-state index contributed by atoms with van der Waals surface area (Å²) >= 11 is 6.50. The van der Waals surface area contributed by atoms with Crippen molar-refractivity contribution in [2.24, 2.45) is 0 Å². The molecule has 0 aromatic heterocycles. The molecule has 0 aliphatic carbocycles. The number of aryl methyl sites for hydroxylation is 1. The fourth-order valence-electron chi connectivity index (χ4n) is 2.70. The molecule has 0 saturated heterocycles. The standard InChI is InChI=1S/C22H18I3NO3/c1-2-13-3-5-15(6-4-13)26-21(28)11-14-9-18(24)22(19(25)10-14)29-16-7-8-20(27)17(23)12-16/h3-10,12,27H,2,11H2,1H3,(H,26,28). The zero-order valence-electron chi connectivity index (χ0n) is 15.5. The van der Waals surface area contributed by atoms with E-state index in [9.17, 15) is 9.90 Å². The smallest absolute Gasteiger partial charge is 0.228 e. The normalized spacial score (nSPS) is 10.6. The number of aromatic hydroxyl groups is 1. The first kappa shape index (κ1) is 22.6. The van der Waals surface area contributed by atoms with Crippen molar-refractivity contribution < 1.29 is 14.6 Å². The molecule has 3 rings (SSSR count). The summed E-state index contributed by atoms with van der Waals surface area (Å²) in [5.41, 5.74) is 2.97. The van der Waals surface area contributed by atoms with Crippen molar-refractivity contribution in [2.75, 3.05) is 5.32 Å². The van der Waals surface area contributed by atoms with Gasteiger partial charge in [0, 0.05) is 5.69 Å². The molecule has 0 radical (unpaired) electrons. The van der Waals surface area contributed by atoms with Gasteiger partial charge >= 0.3 is 0 Å². The molecule has 2 N–H and O–H groups in total. The number of hydrogen-bond donors (Lipinski definition) is 2. The van der Waals surface area contributed by atoms with Crippen molar-refractivity contribution in [2.45, 2.75) is 19.8 Å². The molecule has 0 saturated carbocycles. The van der Waals surface area contributed by atoms with Crippen LogP contribution in [0.25, 0.3) is 0 Å². The average Bonchev–Trinajstić information content (AvgIpc) is 2.68. The number of nitrogens with one attached hydrogen (secondary N) is 1. The lowest BCUT2D eigenvalue weighted by molar-refractivity contribution is -0.115. The Labute approximate surface area is 210 Å². The van der Waals surface area contributed by atoms with E-state index in [4.69, 9.17) is 4.74 Å². The summed E-state index contributed by atoms with van der Waals surface area (Å²) < 4.78 is 8.60. The molecule has 7 heteroatoms. The molecule has 3 aromatic rings. The first-order valence-electron chi connectivity index (χ1n) is 8.88. The summed E-state index contributed by atoms with van der Waals surface area (Å²) in [5.74, 6) is 1.58. The number of phenols is 1. The maximum Gasteiger partial charge on any atom is 0.228 e. The van der Waals surface area contributed by atoms with Gasteiger partial charge in [0.2, 0.25) is 5.91 Å². The van der Waals surface area contributed by atoms with Crippen molar-refractivity contribution in [3.63, 3.8) is 0 Å². The van der Waals surface area contributed by atoms with E-state index in [1.807, 2.05) is 36.4 Å². The molecule has 1 amide bonds. The molecule has 0 aliphatic rings. The van der Waals surface area contributed by atoms with Crippen LogP contribution in [-0.2, 0) is 17.6 Å². The van der Waals surface area contributed by atoms with Crippen molar-refractivity contribution in [3.05, 3.63) is 76.4 Å². The van der Waals surface area contributed by atoms with Gasteiger partial charge in [0.25, 0.3) is 0 Å². The molecule has 0 heterocycles. The maximum absolute atomic E-state index is 12.4. The van der Waals surface area contributed by atoms with E-state index in [2.05, 4.69) is 80.0 Å². The van der Waals surface area contributed by atoms with E-state index in [1.54, 1.807) is 18.2 Å². The number of carbonyl (C=O) groups excluding carboxylic acids is 1. The Morgan fingerprint density at radius 3 is 2.17 bits per heavy atom. The molecule has 3 aromatic carbocycles. The van der Waals surface area contributed by atoms with Gasteiger partial charge in [0.05, 0.1) is 17.1 Å². The van der Waals surface area contributed by atoms with Crippen molar-refractivity contribution in [1.29, 1.82) is 0 Å². The van der Waals surface area contributed by atoms with Crippen LogP contribution in [0.2, 0.25) is 0 Å². The fraction of sp³-hybridized carbons (Fsp3) is 0.136. The number of hydrogen-bond acceptors (Lipinski definition) is 3. The van der Waals surface area contributed by atoms with Gasteiger partial charge in [-0.2, -0.15) is 0 Å². The topological polar surface area (TPSA) is 58.6 Å². The van der Waals surface area contributed by atoms with Crippen LogP contribution in [-0.4, -0.2) is 11.0 Å². The summed E-state index contributed by atoms with van der Waals surface area (Å²) in [6, 6.07) is 17.0. The number of anilines is 1. The molecule has 0 bridgehead atoms. The number of halogens is 3. The number of ether oxygens (including phenoxy) is 1. The van der Waals surface area contributed by atoms with Gasteiger partial charge in [-0.1, -0.05) is 19.1 Å². The third-order valence-corrected chi connectivity index (χ3v) is 6.67. The average molecular weight is 725 g/mol. The molecule has 0 aliphatic heterocycles. The first-order chi connectivity index (χ1) is 13.9. The first-order valence-corrected chi connectivity index (χ1v) is 12.1. The third kappa shape index (κ3) is 6.20. The van der Waals surface area contributed by atoms with Crippen LogP contribution in [0.4, 0.5) is 5.69 Å². The van der Waals surface area contributed by atoms with Crippen molar-refractivity contribution in [3.8, 4) is 17.2 Å². The Morgan fingerprint density at radius 1 is 0.931 bits per heavy atom. The van der Waals surface area contributed by atoms with Gasteiger partial charge in [-0.25, -0.2) is 0 Å². The van der Waals surface area contributed by atoms with Crippen LogP contribution in [0.5, 0.6) is 17.2 Å². The Balaban J connectivity index is 1.70. The Morgan fingerprint density at radius 2 is 1.59 bits per heavy atom. The zero-order chi connectivity index (χ0) is 21.0. The van der Waals surface area contributed by atoms with Crippen molar-refractivity contribution >= 4 is 79.4 Å². The van der Waals surface area contributed by atoms with Crippen LogP contribution in [0.3, 0.4) is 0 Å². The molecule has 0 spiro atoms. The molecule has 4 nitrogen and oxygen atoms in total. The van der Waals surface area contributed by atoms with Gasteiger partial charge in [0.1, 0.15) is 11.5 Å². The second-order valence-electron chi connectivity index (χ2n) is 6.38. The highest BCUT2D eigenvalue weighted by atomic mass is 127. The number of carbonyl (C=O) groups is 1. The minimum Gasteiger partial charge on any atom is -0.507 e. The second-order valence-corrected chi connectivity index (χ2v) is 9.87. The van der Waals surface area contributed by atoms with E-state index in [-0.39, 0.29) is 11.7 Å². The van der Waals surface area contributed by atoms with Gasteiger partial charge in [-0.05, 0) is 128 Å². The van der Waals surface area contributed by atoms with Crippen LogP contribution in [0.15, 0.2) is 54.6 Å². The summed E-state index contributed by atoms with van der Waals surface area (Å²) in [6.07, 6.45) is 1.27. The zero-order valence-corrected chi connectivity index (χ0v) is 22.0. The number of benzene rings is 3. The molecule has 150 valence electrons. The highest BCUT2D eigenvalue weighted by molar-refractivity contribution is 14.1. The number of amides is 1. The maximum atomic E-state index is 12.4. The summed E-state index contributed by atoms with van der Waals surface area (Å²) in [4.78, 5) is 12.4.